The molecule has 0 aliphatic heterocycles. The van der Waals surface area contributed by atoms with E-state index in [1.165, 1.54) is 0 Å². The number of carboxylic acids is 1. The normalized spacial score (nSPS) is 15.9. The van der Waals surface area contributed by atoms with Gasteiger partial charge >= 0.3 is 5.97 Å². The summed E-state index contributed by atoms with van der Waals surface area (Å²) in [6, 6.07) is 0. The lowest BCUT2D eigenvalue weighted by molar-refractivity contribution is -0.141. The van der Waals surface area contributed by atoms with Crippen molar-refractivity contribution in [2.75, 3.05) is 0 Å². The van der Waals surface area contributed by atoms with Crippen LogP contribution >= 0.6 is 12.6 Å². The van der Waals surface area contributed by atoms with Crippen LogP contribution in [-0.2, 0) is 4.79 Å². The van der Waals surface area contributed by atoms with E-state index in [9.17, 15) is 4.79 Å². The van der Waals surface area contributed by atoms with E-state index in [4.69, 9.17) is 5.11 Å². The topological polar surface area (TPSA) is 37.3 Å². The molecule has 0 heterocycles. The van der Waals surface area contributed by atoms with Gasteiger partial charge in [0.25, 0.3) is 0 Å². The van der Waals surface area contributed by atoms with Crippen molar-refractivity contribution in [3.63, 3.8) is 0 Å². The lowest BCUT2D eigenvalue weighted by atomic mass is 9.98. The van der Waals surface area contributed by atoms with Crippen LogP contribution < -0.4 is 0 Å². The molecule has 0 amide bonds. The van der Waals surface area contributed by atoms with Crippen LogP contribution in [0.4, 0.5) is 0 Å². The lowest BCUT2D eigenvalue weighted by Gasteiger charge is -2.16. The number of hydrogen-bond donors (Lipinski definition) is 2. The van der Waals surface area contributed by atoms with Gasteiger partial charge in [0.2, 0.25) is 0 Å². The number of thiol groups is 1. The van der Waals surface area contributed by atoms with Crippen LogP contribution in [0.2, 0.25) is 0 Å². The Morgan fingerprint density at radius 1 is 1.55 bits per heavy atom. The maximum Gasteiger partial charge on any atom is 0.307 e. The molecule has 0 spiro atoms. The van der Waals surface area contributed by atoms with Crippen LogP contribution in [0.25, 0.3) is 0 Å². The Kier molecular flexibility index (Phi) is 5.38. The SMILES string of the molecule is CCCC(C(=O)O)C(S)CC. The lowest BCUT2D eigenvalue weighted by Crippen LogP contribution is -2.23. The molecule has 11 heavy (non-hydrogen) atoms. The largest absolute Gasteiger partial charge is 0.481 e. The van der Waals surface area contributed by atoms with Crippen molar-refractivity contribution in [1.29, 1.82) is 0 Å². The molecule has 1 N–H and O–H groups in total. The van der Waals surface area contributed by atoms with E-state index >= 15 is 0 Å². The van der Waals surface area contributed by atoms with Crippen molar-refractivity contribution in [3.05, 3.63) is 0 Å². The summed E-state index contributed by atoms with van der Waals surface area (Å²) in [6.07, 6.45) is 2.46. The summed E-state index contributed by atoms with van der Waals surface area (Å²) in [6.45, 7) is 3.95. The molecule has 0 fully saturated rings. The molecule has 0 aromatic carbocycles. The molecule has 3 heteroatoms. The van der Waals surface area contributed by atoms with E-state index in [2.05, 4.69) is 12.6 Å². The second-order valence-electron chi connectivity index (χ2n) is 2.71. The van der Waals surface area contributed by atoms with Gasteiger partial charge in [-0.2, -0.15) is 12.6 Å². The van der Waals surface area contributed by atoms with Crippen molar-refractivity contribution >= 4 is 18.6 Å². The number of carboxylic acid groups (broad SMARTS) is 1. The van der Waals surface area contributed by atoms with E-state index in [0.29, 0.717) is 0 Å². The summed E-state index contributed by atoms with van der Waals surface area (Å²) in [5.41, 5.74) is 0. The third-order valence-corrected chi connectivity index (χ3v) is 2.52. The zero-order valence-electron chi connectivity index (χ0n) is 7.08. The zero-order chi connectivity index (χ0) is 8.85. The molecule has 0 radical (unpaired) electrons. The van der Waals surface area contributed by atoms with Crippen molar-refractivity contribution < 1.29 is 9.90 Å². The Morgan fingerprint density at radius 2 is 2.09 bits per heavy atom. The van der Waals surface area contributed by atoms with E-state index in [1.807, 2.05) is 13.8 Å². The number of aliphatic carboxylic acids is 1. The third kappa shape index (κ3) is 3.65. The monoisotopic (exact) mass is 176 g/mol. The average molecular weight is 176 g/mol. The van der Waals surface area contributed by atoms with E-state index in [-0.39, 0.29) is 11.2 Å². The first-order valence-electron chi connectivity index (χ1n) is 4.04. The standard InChI is InChI=1S/C8H16O2S/c1-3-5-6(8(9)10)7(11)4-2/h6-7,11H,3-5H2,1-2H3,(H,9,10). The molecule has 0 aromatic heterocycles. The highest BCUT2D eigenvalue weighted by atomic mass is 32.1. The minimum absolute atomic E-state index is 0.00690. The van der Waals surface area contributed by atoms with Gasteiger partial charge in [0, 0.05) is 5.25 Å². The number of rotatable bonds is 5. The van der Waals surface area contributed by atoms with E-state index in [1.54, 1.807) is 0 Å². The number of hydrogen-bond acceptors (Lipinski definition) is 2. The van der Waals surface area contributed by atoms with Gasteiger partial charge in [-0.25, -0.2) is 0 Å². The second-order valence-corrected chi connectivity index (χ2v) is 3.37. The van der Waals surface area contributed by atoms with Gasteiger partial charge < -0.3 is 5.11 Å². The molecule has 0 saturated carbocycles. The summed E-state index contributed by atoms with van der Waals surface area (Å²) in [4.78, 5) is 10.6. The fraction of sp³-hybridized carbons (Fsp3) is 0.875. The van der Waals surface area contributed by atoms with Crippen molar-refractivity contribution in [3.8, 4) is 0 Å². The molecule has 0 rings (SSSR count). The summed E-state index contributed by atoms with van der Waals surface area (Å²) < 4.78 is 0. The summed E-state index contributed by atoms with van der Waals surface area (Å²) in [5.74, 6) is -0.984. The molecule has 2 atom stereocenters. The summed E-state index contributed by atoms with van der Waals surface area (Å²) in [7, 11) is 0. The van der Waals surface area contributed by atoms with E-state index in [0.717, 1.165) is 19.3 Å². The molecule has 0 aromatic rings. The molecule has 0 aliphatic carbocycles. The quantitative estimate of drug-likeness (QED) is 0.630. The first-order valence-corrected chi connectivity index (χ1v) is 4.56. The Hall–Kier alpha value is -0.180. The average Bonchev–Trinajstić information content (AvgIpc) is 1.98. The molecule has 2 nitrogen and oxygen atoms in total. The Bertz CT molecular complexity index is 125. The maximum atomic E-state index is 10.6. The van der Waals surface area contributed by atoms with Gasteiger partial charge in [-0.1, -0.05) is 20.3 Å². The van der Waals surface area contributed by atoms with Gasteiger partial charge in [0.05, 0.1) is 5.92 Å². The van der Waals surface area contributed by atoms with Gasteiger partial charge in [0.1, 0.15) is 0 Å². The Labute approximate surface area is 73.4 Å². The third-order valence-electron chi connectivity index (χ3n) is 1.80. The highest BCUT2D eigenvalue weighted by Crippen LogP contribution is 2.19. The van der Waals surface area contributed by atoms with Crippen LogP contribution in [0.1, 0.15) is 33.1 Å². The molecule has 0 bridgehead atoms. The highest BCUT2D eigenvalue weighted by molar-refractivity contribution is 7.81. The van der Waals surface area contributed by atoms with Gasteiger partial charge in [-0.15, -0.1) is 0 Å². The molecule has 66 valence electrons. The predicted octanol–water partition coefficient (Wildman–Crippen LogP) is 2.20. The van der Waals surface area contributed by atoms with Crippen LogP contribution in [0, 0.1) is 5.92 Å². The fourth-order valence-electron chi connectivity index (χ4n) is 1.08. The molecule has 2 unspecified atom stereocenters. The van der Waals surface area contributed by atoms with Crippen molar-refractivity contribution in [1.82, 2.24) is 0 Å². The van der Waals surface area contributed by atoms with Crippen molar-refractivity contribution in [2.45, 2.75) is 38.4 Å². The molecule has 0 aliphatic rings. The van der Waals surface area contributed by atoms with Crippen LogP contribution in [0.5, 0.6) is 0 Å². The highest BCUT2D eigenvalue weighted by Gasteiger charge is 2.22. The number of carbonyl (C=O) groups is 1. The van der Waals surface area contributed by atoms with Gasteiger partial charge in [-0.3, -0.25) is 4.79 Å². The minimum atomic E-state index is -0.714. The maximum absolute atomic E-state index is 10.6. The predicted molar refractivity (Wildman–Crippen MR) is 49.1 cm³/mol. The van der Waals surface area contributed by atoms with E-state index < -0.39 is 5.97 Å². The van der Waals surface area contributed by atoms with Gasteiger partial charge in [0.15, 0.2) is 0 Å². The molecule has 0 saturated heterocycles. The minimum Gasteiger partial charge on any atom is -0.481 e. The first kappa shape index (κ1) is 10.8. The molecular formula is C8H16O2S. The Balaban J connectivity index is 3.97. The summed E-state index contributed by atoms with van der Waals surface area (Å²) in [5, 5.41) is 8.76. The molecular weight excluding hydrogens is 160 g/mol. The van der Waals surface area contributed by atoms with Crippen LogP contribution in [0.15, 0.2) is 0 Å². The summed E-state index contributed by atoms with van der Waals surface area (Å²) >= 11 is 4.22. The fourth-order valence-corrected chi connectivity index (χ4v) is 1.35. The van der Waals surface area contributed by atoms with Crippen molar-refractivity contribution in [2.24, 2.45) is 5.92 Å². The second kappa shape index (κ2) is 5.47. The van der Waals surface area contributed by atoms with Gasteiger partial charge in [-0.05, 0) is 12.8 Å². The van der Waals surface area contributed by atoms with Crippen LogP contribution in [0.3, 0.4) is 0 Å². The first-order chi connectivity index (χ1) is 5.13. The smallest absolute Gasteiger partial charge is 0.307 e. The Morgan fingerprint density at radius 3 is 2.36 bits per heavy atom. The van der Waals surface area contributed by atoms with Crippen LogP contribution in [-0.4, -0.2) is 16.3 Å². The zero-order valence-corrected chi connectivity index (χ0v) is 7.97.